The zero-order valence-corrected chi connectivity index (χ0v) is 12.1. The highest BCUT2D eigenvalue weighted by Crippen LogP contribution is 2.13. The van der Waals surface area contributed by atoms with Crippen molar-refractivity contribution in [3.63, 3.8) is 0 Å². The number of hydrogen-bond donors (Lipinski definition) is 0. The van der Waals surface area contributed by atoms with Gasteiger partial charge in [-0.3, -0.25) is 9.78 Å². The molecule has 0 aromatic carbocycles. The van der Waals surface area contributed by atoms with Gasteiger partial charge in [0.1, 0.15) is 0 Å². The molecule has 1 aliphatic heterocycles. The van der Waals surface area contributed by atoms with Gasteiger partial charge in [0.2, 0.25) is 0 Å². The molecule has 0 unspecified atom stereocenters. The molecule has 0 radical (unpaired) electrons. The van der Waals surface area contributed by atoms with Crippen LogP contribution in [0.3, 0.4) is 0 Å². The van der Waals surface area contributed by atoms with Gasteiger partial charge in [0.05, 0.1) is 5.56 Å². The lowest BCUT2D eigenvalue weighted by molar-refractivity contribution is 0.0762. The maximum absolute atomic E-state index is 12.4. The van der Waals surface area contributed by atoms with Crippen LogP contribution in [0.1, 0.15) is 42.2 Å². The normalized spacial score (nSPS) is 17.6. The van der Waals surface area contributed by atoms with E-state index in [-0.39, 0.29) is 5.91 Å². The number of likely N-dealkylation sites (N-methyl/N-ethyl adjacent to an activating group) is 1. The summed E-state index contributed by atoms with van der Waals surface area (Å²) in [6.45, 7) is 7.87. The fraction of sp³-hybridized carbons (Fsp3) is 0.600. The zero-order chi connectivity index (χ0) is 13.8. The summed E-state index contributed by atoms with van der Waals surface area (Å²) < 4.78 is 0. The van der Waals surface area contributed by atoms with Crippen molar-refractivity contribution in [1.82, 2.24) is 14.8 Å². The van der Waals surface area contributed by atoms with Crippen LogP contribution in [0.25, 0.3) is 0 Å². The molecular formula is C15H23N3O. The number of amides is 1. The minimum Gasteiger partial charge on any atom is -0.337 e. The molecule has 19 heavy (non-hydrogen) atoms. The van der Waals surface area contributed by atoms with Crippen LogP contribution in [0.2, 0.25) is 0 Å². The molecule has 1 aromatic rings. The number of pyridine rings is 1. The van der Waals surface area contributed by atoms with Crippen LogP contribution in [0.5, 0.6) is 0 Å². The van der Waals surface area contributed by atoms with E-state index in [2.05, 4.69) is 30.8 Å². The zero-order valence-electron chi connectivity index (χ0n) is 12.1. The molecule has 4 heteroatoms. The third kappa shape index (κ3) is 3.53. The summed E-state index contributed by atoms with van der Waals surface area (Å²) >= 11 is 0. The molecule has 0 bridgehead atoms. The summed E-state index contributed by atoms with van der Waals surface area (Å²) in [5.74, 6) is 0.508. The number of rotatable bonds is 2. The third-order valence-corrected chi connectivity index (χ3v) is 3.63. The maximum Gasteiger partial charge on any atom is 0.255 e. The number of carbonyl (C=O) groups is 1. The smallest absolute Gasteiger partial charge is 0.255 e. The summed E-state index contributed by atoms with van der Waals surface area (Å²) in [7, 11) is 2.10. The van der Waals surface area contributed by atoms with E-state index in [1.165, 1.54) is 0 Å². The van der Waals surface area contributed by atoms with Gasteiger partial charge >= 0.3 is 0 Å². The van der Waals surface area contributed by atoms with Gasteiger partial charge in [0.25, 0.3) is 5.91 Å². The molecule has 4 nitrogen and oxygen atoms in total. The van der Waals surface area contributed by atoms with Crippen molar-refractivity contribution >= 4 is 5.91 Å². The van der Waals surface area contributed by atoms with Crippen molar-refractivity contribution < 1.29 is 4.79 Å². The average molecular weight is 261 g/mol. The quantitative estimate of drug-likeness (QED) is 0.817. The SMILES string of the molecule is CC(C)c1ccc(C(=O)N2CCCN(C)CC2)cn1. The molecule has 0 aliphatic carbocycles. The van der Waals surface area contributed by atoms with Crippen LogP contribution in [0.15, 0.2) is 18.3 Å². The predicted octanol–water partition coefficient (Wildman–Crippen LogP) is 1.98. The summed E-state index contributed by atoms with van der Waals surface area (Å²) in [6.07, 6.45) is 2.76. The number of hydrogen-bond acceptors (Lipinski definition) is 3. The summed E-state index contributed by atoms with van der Waals surface area (Å²) in [6, 6.07) is 3.86. The second-order valence-electron chi connectivity index (χ2n) is 5.58. The second-order valence-corrected chi connectivity index (χ2v) is 5.58. The van der Waals surface area contributed by atoms with Gasteiger partial charge in [0.15, 0.2) is 0 Å². The first-order chi connectivity index (χ1) is 9.08. The molecule has 104 valence electrons. The maximum atomic E-state index is 12.4. The summed E-state index contributed by atoms with van der Waals surface area (Å²) in [5.41, 5.74) is 1.74. The van der Waals surface area contributed by atoms with Crippen LogP contribution in [-0.4, -0.2) is 53.9 Å². The van der Waals surface area contributed by atoms with Crippen LogP contribution >= 0.6 is 0 Å². The van der Waals surface area contributed by atoms with Gasteiger partial charge < -0.3 is 9.80 Å². The molecule has 2 heterocycles. The molecule has 1 fully saturated rings. The Morgan fingerprint density at radius 1 is 1.21 bits per heavy atom. The van der Waals surface area contributed by atoms with Gasteiger partial charge in [-0.05, 0) is 38.1 Å². The Hall–Kier alpha value is -1.42. The molecule has 1 amide bonds. The van der Waals surface area contributed by atoms with Crippen molar-refractivity contribution in [2.45, 2.75) is 26.2 Å². The van der Waals surface area contributed by atoms with Crippen molar-refractivity contribution in [2.24, 2.45) is 0 Å². The van der Waals surface area contributed by atoms with Gasteiger partial charge in [-0.15, -0.1) is 0 Å². The van der Waals surface area contributed by atoms with Crippen LogP contribution in [-0.2, 0) is 0 Å². The van der Waals surface area contributed by atoms with E-state index in [1.54, 1.807) is 6.20 Å². The Bertz CT molecular complexity index is 428. The number of aromatic nitrogens is 1. The summed E-state index contributed by atoms with van der Waals surface area (Å²) in [5, 5.41) is 0. The molecule has 0 saturated carbocycles. The van der Waals surface area contributed by atoms with Gasteiger partial charge in [-0.25, -0.2) is 0 Å². The Morgan fingerprint density at radius 2 is 2.00 bits per heavy atom. The highest BCUT2D eigenvalue weighted by molar-refractivity contribution is 5.93. The minimum atomic E-state index is 0.109. The lowest BCUT2D eigenvalue weighted by atomic mass is 10.1. The fourth-order valence-electron chi connectivity index (χ4n) is 2.31. The van der Waals surface area contributed by atoms with Gasteiger partial charge in [-0.2, -0.15) is 0 Å². The number of nitrogens with zero attached hydrogens (tertiary/aromatic N) is 3. The Kier molecular flexibility index (Phi) is 4.53. The van der Waals surface area contributed by atoms with Crippen molar-refractivity contribution in [3.8, 4) is 0 Å². The molecular weight excluding hydrogens is 238 g/mol. The van der Waals surface area contributed by atoms with Crippen LogP contribution in [0.4, 0.5) is 0 Å². The Morgan fingerprint density at radius 3 is 2.63 bits per heavy atom. The molecule has 2 rings (SSSR count). The highest BCUT2D eigenvalue weighted by Gasteiger charge is 2.19. The van der Waals surface area contributed by atoms with Crippen molar-refractivity contribution in [3.05, 3.63) is 29.6 Å². The number of carbonyl (C=O) groups excluding carboxylic acids is 1. The highest BCUT2D eigenvalue weighted by atomic mass is 16.2. The predicted molar refractivity (Wildman–Crippen MR) is 76.3 cm³/mol. The second kappa shape index (κ2) is 6.15. The van der Waals surface area contributed by atoms with E-state index >= 15 is 0 Å². The monoisotopic (exact) mass is 261 g/mol. The standard InChI is InChI=1S/C15H23N3O/c1-12(2)14-6-5-13(11-16-14)15(19)18-8-4-7-17(3)9-10-18/h5-6,11-12H,4,7-10H2,1-3H3. The van der Waals surface area contributed by atoms with Gasteiger partial charge in [-0.1, -0.05) is 13.8 Å². The van der Waals surface area contributed by atoms with E-state index < -0.39 is 0 Å². The van der Waals surface area contributed by atoms with Gasteiger partial charge in [0, 0.05) is 31.5 Å². The topological polar surface area (TPSA) is 36.4 Å². The lowest BCUT2D eigenvalue weighted by Crippen LogP contribution is -2.34. The lowest BCUT2D eigenvalue weighted by Gasteiger charge is -2.20. The molecule has 0 N–H and O–H groups in total. The Balaban J connectivity index is 2.06. The Labute approximate surface area is 115 Å². The van der Waals surface area contributed by atoms with Crippen molar-refractivity contribution in [2.75, 3.05) is 33.2 Å². The van der Waals surface area contributed by atoms with E-state index in [0.717, 1.165) is 38.3 Å². The van der Waals surface area contributed by atoms with Crippen LogP contribution < -0.4 is 0 Å². The van der Waals surface area contributed by atoms with E-state index in [9.17, 15) is 4.79 Å². The van der Waals surface area contributed by atoms with Crippen molar-refractivity contribution in [1.29, 1.82) is 0 Å². The average Bonchev–Trinajstić information content (AvgIpc) is 2.63. The van der Waals surface area contributed by atoms with E-state index in [4.69, 9.17) is 0 Å². The molecule has 1 aromatic heterocycles. The molecule has 1 saturated heterocycles. The molecule has 1 aliphatic rings. The largest absolute Gasteiger partial charge is 0.337 e. The van der Waals surface area contributed by atoms with Crippen LogP contribution in [0, 0.1) is 0 Å². The third-order valence-electron chi connectivity index (χ3n) is 3.63. The minimum absolute atomic E-state index is 0.109. The van der Waals surface area contributed by atoms with E-state index in [0.29, 0.717) is 11.5 Å². The first-order valence-corrected chi connectivity index (χ1v) is 7.01. The molecule has 0 atom stereocenters. The first kappa shape index (κ1) is 14.0. The van der Waals surface area contributed by atoms with E-state index in [1.807, 2.05) is 17.0 Å². The fourth-order valence-corrected chi connectivity index (χ4v) is 2.31. The molecule has 0 spiro atoms. The summed E-state index contributed by atoms with van der Waals surface area (Å²) in [4.78, 5) is 21.0. The first-order valence-electron chi connectivity index (χ1n) is 7.01.